The molecule has 0 spiro atoms. The Morgan fingerprint density at radius 1 is 1.16 bits per heavy atom. The second-order valence-electron chi connectivity index (χ2n) is 8.41. The standard InChI is InChI=1S/C24H26ClN3O3/c1-16-6-4-5-11-27(16)14-24(29)28-21(17-9-10-22-23(12-17)31-15-30-22)13-20(26-28)18-7-2-3-8-19(18)25/h2-3,7-10,12,16,21H,4-6,11,13-15H2,1H3. The summed E-state index contributed by atoms with van der Waals surface area (Å²) < 4.78 is 11.0. The maximum Gasteiger partial charge on any atom is 0.257 e. The molecule has 2 unspecified atom stereocenters. The Hall–Kier alpha value is -2.57. The van der Waals surface area contributed by atoms with E-state index in [1.165, 1.54) is 6.42 Å². The van der Waals surface area contributed by atoms with Gasteiger partial charge in [-0.15, -0.1) is 0 Å². The Balaban J connectivity index is 1.45. The molecule has 1 amide bonds. The van der Waals surface area contributed by atoms with E-state index in [1.54, 1.807) is 5.01 Å². The number of rotatable bonds is 4. The van der Waals surface area contributed by atoms with Gasteiger partial charge in [0.1, 0.15) is 0 Å². The van der Waals surface area contributed by atoms with Crippen LogP contribution >= 0.6 is 11.6 Å². The molecule has 0 aliphatic carbocycles. The molecule has 3 heterocycles. The lowest BCUT2D eigenvalue weighted by Gasteiger charge is -2.34. The molecule has 2 atom stereocenters. The molecular formula is C24H26ClN3O3. The Morgan fingerprint density at radius 3 is 2.84 bits per heavy atom. The van der Waals surface area contributed by atoms with Crippen LogP contribution in [0, 0.1) is 0 Å². The molecule has 2 aromatic carbocycles. The van der Waals surface area contributed by atoms with Crippen LogP contribution in [-0.2, 0) is 4.79 Å². The minimum Gasteiger partial charge on any atom is -0.454 e. The van der Waals surface area contributed by atoms with Crippen molar-refractivity contribution in [3.05, 3.63) is 58.6 Å². The SMILES string of the molecule is CC1CCCCN1CC(=O)N1N=C(c2ccccc2Cl)CC1c1ccc2c(c1)OCO2. The van der Waals surface area contributed by atoms with Gasteiger partial charge < -0.3 is 9.47 Å². The summed E-state index contributed by atoms with van der Waals surface area (Å²) in [5.74, 6) is 1.45. The lowest BCUT2D eigenvalue weighted by molar-refractivity contribution is -0.135. The van der Waals surface area contributed by atoms with Crippen molar-refractivity contribution in [2.75, 3.05) is 19.9 Å². The van der Waals surface area contributed by atoms with Crippen LogP contribution in [0.2, 0.25) is 5.02 Å². The van der Waals surface area contributed by atoms with Gasteiger partial charge in [0, 0.05) is 23.0 Å². The third-order valence-electron chi connectivity index (χ3n) is 6.41. The van der Waals surface area contributed by atoms with E-state index in [0.29, 0.717) is 29.8 Å². The molecule has 7 heteroatoms. The van der Waals surface area contributed by atoms with E-state index in [4.69, 9.17) is 26.2 Å². The van der Waals surface area contributed by atoms with Crippen molar-refractivity contribution in [1.82, 2.24) is 9.91 Å². The summed E-state index contributed by atoms with van der Waals surface area (Å²) in [7, 11) is 0. The van der Waals surface area contributed by atoms with Crippen LogP contribution in [0.3, 0.4) is 0 Å². The van der Waals surface area contributed by atoms with Gasteiger partial charge in [-0.05, 0) is 50.1 Å². The van der Waals surface area contributed by atoms with E-state index in [0.717, 1.165) is 42.0 Å². The summed E-state index contributed by atoms with van der Waals surface area (Å²) in [6.07, 6.45) is 4.10. The van der Waals surface area contributed by atoms with Crippen molar-refractivity contribution in [1.29, 1.82) is 0 Å². The van der Waals surface area contributed by atoms with Gasteiger partial charge in [0.2, 0.25) is 6.79 Å². The highest BCUT2D eigenvalue weighted by Gasteiger charge is 2.35. The highest BCUT2D eigenvalue weighted by atomic mass is 35.5. The molecule has 0 N–H and O–H groups in total. The summed E-state index contributed by atoms with van der Waals surface area (Å²) >= 11 is 6.45. The number of carbonyl (C=O) groups excluding carboxylic acids is 1. The Bertz CT molecular complexity index is 1020. The molecule has 0 radical (unpaired) electrons. The van der Waals surface area contributed by atoms with Gasteiger partial charge in [-0.2, -0.15) is 5.10 Å². The van der Waals surface area contributed by atoms with Crippen LogP contribution in [0.4, 0.5) is 0 Å². The normalized spacial score (nSPS) is 23.2. The lowest BCUT2D eigenvalue weighted by atomic mass is 9.98. The van der Waals surface area contributed by atoms with Gasteiger partial charge in [-0.25, -0.2) is 5.01 Å². The molecule has 0 aromatic heterocycles. The number of halogens is 1. The Labute approximate surface area is 187 Å². The molecule has 0 bridgehead atoms. The largest absolute Gasteiger partial charge is 0.454 e. The van der Waals surface area contributed by atoms with Crippen LogP contribution in [0.15, 0.2) is 47.6 Å². The van der Waals surface area contributed by atoms with Crippen molar-refractivity contribution >= 4 is 23.2 Å². The van der Waals surface area contributed by atoms with Gasteiger partial charge in [0.05, 0.1) is 18.3 Å². The van der Waals surface area contributed by atoms with Crippen molar-refractivity contribution < 1.29 is 14.3 Å². The molecule has 3 aliphatic heterocycles. The van der Waals surface area contributed by atoms with Gasteiger partial charge in [-0.1, -0.05) is 42.3 Å². The predicted octanol–water partition coefficient (Wildman–Crippen LogP) is 4.62. The number of ether oxygens (including phenoxy) is 2. The Morgan fingerprint density at radius 2 is 2.00 bits per heavy atom. The minimum atomic E-state index is -0.201. The molecule has 1 saturated heterocycles. The zero-order chi connectivity index (χ0) is 21.4. The first-order chi connectivity index (χ1) is 15.1. The van der Waals surface area contributed by atoms with Crippen LogP contribution < -0.4 is 9.47 Å². The third kappa shape index (κ3) is 4.02. The van der Waals surface area contributed by atoms with Crippen molar-refractivity contribution in [3.63, 3.8) is 0 Å². The van der Waals surface area contributed by atoms with Crippen LogP contribution in [0.1, 0.15) is 49.8 Å². The zero-order valence-electron chi connectivity index (χ0n) is 17.6. The Kier molecular flexibility index (Phi) is 5.59. The average molecular weight is 440 g/mol. The molecule has 1 fully saturated rings. The number of hydrogen-bond acceptors (Lipinski definition) is 5. The quantitative estimate of drug-likeness (QED) is 0.697. The van der Waals surface area contributed by atoms with Crippen molar-refractivity contribution in [2.24, 2.45) is 5.10 Å². The average Bonchev–Trinajstić information content (AvgIpc) is 3.42. The molecule has 162 valence electrons. The highest BCUT2D eigenvalue weighted by Crippen LogP contribution is 2.40. The van der Waals surface area contributed by atoms with Crippen LogP contribution in [0.25, 0.3) is 0 Å². The third-order valence-corrected chi connectivity index (χ3v) is 6.74. The van der Waals surface area contributed by atoms with E-state index >= 15 is 0 Å². The van der Waals surface area contributed by atoms with E-state index in [2.05, 4.69) is 11.8 Å². The first kappa shape index (κ1) is 20.3. The monoisotopic (exact) mass is 439 g/mol. The highest BCUT2D eigenvalue weighted by molar-refractivity contribution is 6.34. The number of amides is 1. The van der Waals surface area contributed by atoms with Crippen molar-refractivity contribution in [3.8, 4) is 11.5 Å². The fraction of sp³-hybridized carbons (Fsp3) is 0.417. The number of piperidine rings is 1. The van der Waals surface area contributed by atoms with Gasteiger partial charge >= 0.3 is 0 Å². The van der Waals surface area contributed by atoms with Crippen molar-refractivity contribution in [2.45, 2.75) is 44.7 Å². The molecule has 5 rings (SSSR count). The topological polar surface area (TPSA) is 54.4 Å². The van der Waals surface area contributed by atoms with E-state index in [-0.39, 0.29) is 18.7 Å². The maximum atomic E-state index is 13.4. The maximum absolute atomic E-state index is 13.4. The minimum absolute atomic E-state index is 0.0125. The number of likely N-dealkylation sites (tertiary alicyclic amines) is 1. The summed E-state index contributed by atoms with van der Waals surface area (Å²) in [4.78, 5) is 15.7. The van der Waals surface area contributed by atoms with Crippen LogP contribution in [-0.4, -0.2) is 47.5 Å². The zero-order valence-corrected chi connectivity index (χ0v) is 18.3. The van der Waals surface area contributed by atoms with E-state index in [1.807, 2.05) is 42.5 Å². The molecule has 2 aromatic rings. The second-order valence-corrected chi connectivity index (χ2v) is 8.82. The van der Waals surface area contributed by atoms with Crippen LogP contribution in [0.5, 0.6) is 11.5 Å². The smallest absolute Gasteiger partial charge is 0.257 e. The first-order valence-electron chi connectivity index (χ1n) is 10.9. The molecular weight excluding hydrogens is 414 g/mol. The fourth-order valence-corrected chi connectivity index (χ4v) is 4.86. The number of hydrogen-bond donors (Lipinski definition) is 0. The summed E-state index contributed by atoms with van der Waals surface area (Å²) in [5, 5.41) is 7.07. The second kappa shape index (κ2) is 8.52. The molecule has 3 aliphatic rings. The lowest BCUT2D eigenvalue weighted by Crippen LogP contribution is -2.44. The number of benzene rings is 2. The van der Waals surface area contributed by atoms with E-state index < -0.39 is 0 Å². The van der Waals surface area contributed by atoms with Gasteiger partial charge in [0.25, 0.3) is 5.91 Å². The van der Waals surface area contributed by atoms with Gasteiger partial charge in [-0.3, -0.25) is 9.69 Å². The number of nitrogens with zero attached hydrogens (tertiary/aromatic N) is 3. The summed E-state index contributed by atoms with van der Waals surface area (Å²) in [5.41, 5.74) is 2.68. The predicted molar refractivity (Wildman–Crippen MR) is 120 cm³/mol. The summed E-state index contributed by atoms with van der Waals surface area (Å²) in [6, 6.07) is 13.7. The number of carbonyl (C=O) groups is 1. The molecule has 0 saturated carbocycles. The number of fused-ring (bicyclic) bond motifs is 1. The summed E-state index contributed by atoms with van der Waals surface area (Å²) in [6.45, 7) is 3.75. The first-order valence-corrected chi connectivity index (χ1v) is 11.3. The number of hydrazone groups is 1. The molecule has 31 heavy (non-hydrogen) atoms. The van der Waals surface area contributed by atoms with Gasteiger partial charge in [0.15, 0.2) is 11.5 Å². The molecule has 6 nitrogen and oxygen atoms in total. The fourth-order valence-electron chi connectivity index (χ4n) is 4.62. The van der Waals surface area contributed by atoms with E-state index in [9.17, 15) is 4.79 Å².